The maximum Gasteiger partial charge on any atom is 0.225 e. The van der Waals surface area contributed by atoms with Crippen molar-refractivity contribution in [3.05, 3.63) is 35.9 Å². The van der Waals surface area contributed by atoms with Gasteiger partial charge in [0.15, 0.2) is 0 Å². The molecule has 0 spiro atoms. The van der Waals surface area contributed by atoms with Crippen molar-refractivity contribution in [3.63, 3.8) is 0 Å². The molecule has 0 aliphatic carbocycles. The van der Waals surface area contributed by atoms with Gasteiger partial charge in [-0.3, -0.25) is 4.79 Å². The van der Waals surface area contributed by atoms with Gasteiger partial charge in [0, 0.05) is 18.6 Å². The number of carbonyl (C=O) groups excluding carboxylic acids is 1. The number of benzene rings is 1. The molecule has 3 unspecified atom stereocenters. The number of carbonyl (C=O) groups is 1. The summed E-state index contributed by atoms with van der Waals surface area (Å²) >= 11 is 0. The molecule has 4 heteroatoms. The molecule has 1 saturated heterocycles. The highest BCUT2D eigenvalue weighted by Gasteiger charge is 2.25. The zero-order chi connectivity index (χ0) is 13.0. The van der Waals surface area contributed by atoms with Crippen molar-refractivity contribution in [2.45, 2.75) is 25.4 Å². The van der Waals surface area contributed by atoms with Gasteiger partial charge < -0.3 is 16.4 Å². The van der Waals surface area contributed by atoms with Crippen molar-refractivity contribution in [2.75, 3.05) is 13.1 Å². The maximum absolute atomic E-state index is 12.1. The molecule has 1 aliphatic heterocycles. The molecule has 4 N–H and O–H groups in total. The summed E-state index contributed by atoms with van der Waals surface area (Å²) in [5, 5.41) is 6.28. The highest BCUT2D eigenvalue weighted by atomic mass is 16.2. The molecule has 0 bridgehead atoms. The topological polar surface area (TPSA) is 67.2 Å². The first kappa shape index (κ1) is 13.1. The lowest BCUT2D eigenvalue weighted by Gasteiger charge is -2.21. The summed E-state index contributed by atoms with van der Waals surface area (Å²) in [7, 11) is 0. The summed E-state index contributed by atoms with van der Waals surface area (Å²) < 4.78 is 0. The van der Waals surface area contributed by atoms with E-state index in [9.17, 15) is 4.79 Å². The fraction of sp³-hybridized carbons (Fsp3) is 0.500. The zero-order valence-electron chi connectivity index (χ0n) is 10.7. The molecule has 3 atom stereocenters. The van der Waals surface area contributed by atoms with Gasteiger partial charge in [0.25, 0.3) is 0 Å². The van der Waals surface area contributed by atoms with Crippen molar-refractivity contribution in [1.82, 2.24) is 10.6 Å². The van der Waals surface area contributed by atoms with Crippen LogP contribution >= 0.6 is 0 Å². The van der Waals surface area contributed by atoms with Crippen LogP contribution < -0.4 is 16.4 Å². The monoisotopic (exact) mass is 247 g/mol. The summed E-state index contributed by atoms with van der Waals surface area (Å²) in [4.78, 5) is 12.1. The van der Waals surface area contributed by atoms with Crippen molar-refractivity contribution in [3.8, 4) is 0 Å². The van der Waals surface area contributed by atoms with Crippen molar-refractivity contribution in [2.24, 2.45) is 11.7 Å². The van der Waals surface area contributed by atoms with E-state index in [2.05, 4.69) is 10.6 Å². The number of hydrogen-bond acceptors (Lipinski definition) is 3. The average Bonchev–Trinajstić information content (AvgIpc) is 2.91. The van der Waals surface area contributed by atoms with Gasteiger partial charge in [0.1, 0.15) is 0 Å². The molecule has 2 rings (SSSR count). The molecule has 0 saturated carbocycles. The normalized spacial score (nSPS) is 22.4. The Morgan fingerprint density at radius 1 is 1.44 bits per heavy atom. The molecule has 4 nitrogen and oxygen atoms in total. The van der Waals surface area contributed by atoms with Crippen LogP contribution in [0.3, 0.4) is 0 Å². The molecule has 0 radical (unpaired) electrons. The van der Waals surface area contributed by atoms with E-state index in [-0.39, 0.29) is 23.9 Å². The first-order valence-electron chi connectivity index (χ1n) is 6.50. The third-order valence-electron chi connectivity index (χ3n) is 3.54. The largest absolute Gasteiger partial charge is 0.352 e. The molecule has 1 aromatic rings. The van der Waals surface area contributed by atoms with Crippen LogP contribution in [-0.2, 0) is 4.79 Å². The van der Waals surface area contributed by atoms with Gasteiger partial charge in [0.2, 0.25) is 5.91 Å². The van der Waals surface area contributed by atoms with E-state index < -0.39 is 0 Å². The first-order chi connectivity index (χ1) is 8.68. The Balaban J connectivity index is 1.93. The van der Waals surface area contributed by atoms with Crippen LogP contribution in [0.2, 0.25) is 0 Å². The minimum absolute atomic E-state index is 0.0417. The molecule has 1 aliphatic rings. The van der Waals surface area contributed by atoms with E-state index in [0.29, 0.717) is 0 Å². The zero-order valence-corrected chi connectivity index (χ0v) is 10.7. The molecule has 18 heavy (non-hydrogen) atoms. The van der Waals surface area contributed by atoms with E-state index >= 15 is 0 Å². The van der Waals surface area contributed by atoms with E-state index in [4.69, 9.17) is 5.73 Å². The molecular formula is C14H21N3O. The standard InChI is InChI=1S/C14H21N3O/c1-10(13(15)11-5-3-2-4-6-11)14(18)17-12-7-8-16-9-12/h2-6,10,12-13,16H,7-9,15H2,1H3,(H,17,18). The Labute approximate surface area is 108 Å². The Hall–Kier alpha value is -1.39. The summed E-state index contributed by atoms with van der Waals surface area (Å²) in [6.45, 7) is 3.72. The first-order valence-corrected chi connectivity index (χ1v) is 6.50. The summed E-state index contributed by atoms with van der Waals surface area (Å²) in [6.07, 6.45) is 0.999. The second-order valence-corrected chi connectivity index (χ2v) is 4.92. The van der Waals surface area contributed by atoms with Gasteiger partial charge in [0.05, 0.1) is 5.92 Å². The predicted molar refractivity (Wildman–Crippen MR) is 72.0 cm³/mol. The second kappa shape index (κ2) is 5.98. The minimum atomic E-state index is -0.249. The molecular weight excluding hydrogens is 226 g/mol. The molecule has 1 amide bonds. The highest BCUT2D eigenvalue weighted by Crippen LogP contribution is 2.19. The smallest absolute Gasteiger partial charge is 0.225 e. The Morgan fingerprint density at radius 3 is 2.78 bits per heavy atom. The van der Waals surface area contributed by atoms with Gasteiger partial charge in [-0.25, -0.2) is 0 Å². The highest BCUT2D eigenvalue weighted by molar-refractivity contribution is 5.79. The van der Waals surface area contributed by atoms with Crippen molar-refractivity contribution in [1.29, 1.82) is 0 Å². The van der Waals surface area contributed by atoms with Gasteiger partial charge in [-0.1, -0.05) is 37.3 Å². The van der Waals surface area contributed by atoms with Crippen LogP contribution in [0.5, 0.6) is 0 Å². The van der Waals surface area contributed by atoms with Crippen LogP contribution in [0.25, 0.3) is 0 Å². The quantitative estimate of drug-likeness (QED) is 0.737. The van der Waals surface area contributed by atoms with Gasteiger partial charge >= 0.3 is 0 Å². The van der Waals surface area contributed by atoms with Gasteiger partial charge in [-0.15, -0.1) is 0 Å². The van der Waals surface area contributed by atoms with Crippen LogP contribution in [-0.4, -0.2) is 25.0 Å². The van der Waals surface area contributed by atoms with E-state index in [1.807, 2.05) is 37.3 Å². The maximum atomic E-state index is 12.1. The lowest BCUT2D eigenvalue weighted by molar-refractivity contribution is -0.125. The lowest BCUT2D eigenvalue weighted by atomic mass is 9.94. The van der Waals surface area contributed by atoms with Crippen LogP contribution in [0, 0.1) is 5.92 Å². The Morgan fingerprint density at radius 2 is 2.17 bits per heavy atom. The number of amides is 1. The van der Waals surface area contributed by atoms with E-state index in [1.54, 1.807) is 0 Å². The van der Waals surface area contributed by atoms with E-state index in [1.165, 1.54) is 0 Å². The van der Waals surface area contributed by atoms with E-state index in [0.717, 1.165) is 25.1 Å². The fourth-order valence-electron chi connectivity index (χ4n) is 2.24. The average molecular weight is 247 g/mol. The van der Waals surface area contributed by atoms with Crippen LogP contribution in [0.4, 0.5) is 0 Å². The molecule has 1 aromatic carbocycles. The SMILES string of the molecule is CC(C(=O)NC1CCNC1)C(N)c1ccccc1. The summed E-state index contributed by atoms with van der Waals surface area (Å²) in [5.41, 5.74) is 7.14. The third kappa shape index (κ3) is 3.09. The molecule has 1 fully saturated rings. The summed E-state index contributed by atoms with van der Waals surface area (Å²) in [6, 6.07) is 9.77. The van der Waals surface area contributed by atoms with Crippen molar-refractivity contribution >= 4 is 5.91 Å². The Kier molecular flexibility index (Phi) is 4.33. The number of nitrogens with one attached hydrogen (secondary N) is 2. The number of rotatable bonds is 4. The predicted octanol–water partition coefficient (Wildman–Crippen LogP) is 0.801. The fourth-order valence-corrected chi connectivity index (χ4v) is 2.24. The molecule has 0 aromatic heterocycles. The van der Waals surface area contributed by atoms with Gasteiger partial charge in [-0.05, 0) is 18.5 Å². The third-order valence-corrected chi connectivity index (χ3v) is 3.54. The minimum Gasteiger partial charge on any atom is -0.352 e. The molecule has 98 valence electrons. The van der Waals surface area contributed by atoms with Crippen LogP contribution in [0.15, 0.2) is 30.3 Å². The summed E-state index contributed by atoms with van der Waals surface area (Å²) in [5.74, 6) is -0.173. The lowest BCUT2D eigenvalue weighted by Crippen LogP contribution is -2.42. The Bertz CT molecular complexity index is 387. The van der Waals surface area contributed by atoms with Crippen molar-refractivity contribution < 1.29 is 4.79 Å². The molecule has 1 heterocycles. The van der Waals surface area contributed by atoms with Crippen LogP contribution in [0.1, 0.15) is 24.9 Å². The second-order valence-electron chi connectivity index (χ2n) is 4.92. The number of nitrogens with two attached hydrogens (primary N) is 1. The van der Waals surface area contributed by atoms with Gasteiger partial charge in [-0.2, -0.15) is 0 Å². The number of hydrogen-bond donors (Lipinski definition) is 3.